The molecule has 0 atom stereocenters. The summed E-state index contributed by atoms with van der Waals surface area (Å²) < 4.78 is 0. The third kappa shape index (κ3) is 0.909. The molecule has 0 spiro atoms. The molecule has 66 valence electrons. The lowest BCUT2D eigenvalue weighted by Gasteiger charge is -2.03. The first-order valence-electron chi connectivity index (χ1n) is 4.46. The number of allylic oxidation sites excluding steroid dienone is 2. The van der Waals surface area contributed by atoms with E-state index in [1.54, 1.807) is 18.3 Å². The first-order chi connectivity index (χ1) is 6.84. The normalized spacial score (nSPS) is 15.9. The lowest BCUT2D eigenvalue weighted by molar-refractivity contribution is -0.109. The molecule has 0 saturated heterocycles. The van der Waals surface area contributed by atoms with Gasteiger partial charge in [-0.15, -0.1) is 0 Å². The first-order valence-corrected chi connectivity index (χ1v) is 4.46. The van der Waals surface area contributed by atoms with Gasteiger partial charge < -0.3 is 0 Å². The molecule has 2 nitrogen and oxygen atoms in total. The average molecular weight is 181 g/mol. The second-order valence-electron chi connectivity index (χ2n) is 3.33. The summed E-state index contributed by atoms with van der Waals surface area (Å²) in [5, 5.41) is 1.90. The molecule has 1 aromatic rings. The van der Waals surface area contributed by atoms with Gasteiger partial charge in [-0.05, 0) is 17.7 Å². The maximum absolute atomic E-state index is 11.1. The molecule has 14 heavy (non-hydrogen) atoms. The van der Waals surface area contributed by atoms with E-state index in [9.17, 15) is 4.79 Å². The predicted molar refractivity (Wildman–Crippen MR) is 55.5 cm³/mol. The Bertz CT molecular complexity index is 606. The summed E-state index contributed by atoms with van der Waals surface area (Å²) in [5.74, 6) is 0.0101. The summed E-state index contributed by atoms with van der Waals surface area (Å²) >= 11 is 0. The van der Waals surface area contributed by atoms with Gasteiger partial charge in [0.15, 0.2) is 5.78 Å². The van der Waals surface area contributed by atoms with Crippen molar-refractivity contribution in [3.8, 4) is 0 Å². The van der Waals surface area contributed by atoms with Crippen molar-refractivity contribution in [3.05, 3.63) is 40.0 Å². The van der Waals surface area contributed by atoms with Crippen LogP contribution in [0.25, 0.3) is 24.3 Å². The van der Waals surface area contributed by atoms with E-state index in [0.29, 0.717) is 0 Å². The van der Waals surface area contributed by atoms with E-state index in [4.69, 9.17) is 0 Å². The van der Waals surface area contributed by atoms with Crippen molar-refractivity contribution in [1.82, 2.24) is 4.98 Å². The highest BCUT2D eigenvalue weighted by atomic mass is 16.1. The van der Waals surface area contributed by atoms with Crippen molar-refractivity contribution in [2.24, 2.45) is 0 Å². The predicted octanol–water partition coefficient (Wildman–Crippen LogP) is 0.265. The number of carbonyl (C=O) groups is 1. The maximum atomic E-state index is 11.1. The Labute approximate surface area is 80.6 Å². The fourth-order valence-corrected chi connectivity index (χ4v) is 1.78. The van der Waals surface area contributed by atoms with Crippen LogP contribution in [0.5, 0.6) is 0 Å². The van der Waals surface area contributed by atoms with Crippen molar-refractivity contribution >= 4 is 30.1 Å². The number of ketones is 1. The van der Waals surface area contributed by atoms with E-state index in [1.807, 2.05) is 24.3 Å². The van der Waals surface area contributed by atoms with Crippen LogP contribution in [0.2, 0.25) is 0 Å². The molecule has 0 aromatic carbocycles. The maximum Gasteiger partial charge on any atom is 0.180 e. The van der Waals surface area contributed by atoms with Gasteiger partial charge in [-0.1, -0.05) is 18.2 Å². The Kier molecular flexibility index (Phi) is 1.34. The summed E-state index contributed by atoms with van der Waals surface area (Å²) in [7, 11) is 0. The fourth-order valence-electron chi connectivity index (χ4n) is 1.78. The van der Waals surface area contributed by atoms with Crippen molar-refractivity contribution < 1.29 is 4.79 Å². The molecule has 2 aliphatic rings. The van der Waals surface area contributed by atoms with Crippen LogP contribution in [0, 0.1) is 0 Å². The van der Waals surface area contributed by atoms with Gasteiger partial charge in [0.25, 0.3) is 0 Å². The summed E-state index contributed by atoms with van der Waals surface area (Å²) in [6.45, 7) is 0. The minimum atomic E-state index is 0.0101. The first kappa shape index (κ1) is 7.44. The van der Waals surface area contributed by atoms with Gasteiger partial charge >= 0.3 is 0 Å². The Morgan fingerprint density at radius 3 is 2.93 bits per heavy atom. The molecule has 0 fully saturated rings. The van der Waals surface area contributed by atoms with Crippen LogP contribution in [-0.4, -0.2) is 10.8 Å². The van der Waals surface area contributed by atoms with Crippen molar-refractivity contribution in [2.45, 2.75) is 0 Å². The third-order valence-corrected chi connectivity index (χ3v) is 2.45. The van der Waals surface area contributed by atoms with Crippen LogP contribution in [0.4, 0.5) is 0 Å². The van der Waals surface area contributed by atoms with Crippen LogP contribution < -0.4 is 10.6 Å². The van der Waals surface area contributed by atoms with Gasteiger partial charge in [-0.25, -0.2) is 0 Å². The van der Waals surface area contributed by atoms with Crippen LogP contribution >= 0.6 is 0 Å². The van der Waals surface area contributed by atoms with Gasteiger partial charge in [0.1, 0.15) is 0 Å². The highest BCUT2D eigenvalue weighted by Crippen LogP contribution is 2.09. The SMILES string of the molecule is O=C1C=Cc2c3c(cnc2=C1)=CC=C3. The molecule has 2 aliphatic carbocycles. The van der Waals surface area contributed by atoms with Crippen molar-refractivity contribution in [1.29, 1.82) is 0 Å². The van der Waals surface area contributed by atoms with Gasteiger partial charge in [-0.2, -0.15) is 0 Å². The number of pyridine rings is 1. The smallest absolute Gasteiger partial charge is 0.180 e. The van der Waals surface area contributed by atoms with Crippen molar-refractivity contribution in [3.63, 3.8) is 0 Å². The van der Waals surface area contributed by atoms with E-state index >= 15 is 0 Å². The molecular formula is C12H7NO. The van der Waals surface area contributed by atoms with Crippen LogP contribution in [0.3, 0.4) is 0 Å². The zero-order chi connectivity index (χ0) is 9.54. The number of rotatable bonds is 0. The highest BCUT2D eigenvalue weighted by molar-refractivity contribution is 6.16. The second-order valence-corrected chi connectivity index (χ2v) is 3.33. The highest BCUT2D eigenvalue weighted by Gasteiger charge is 2.08. The Hall–Kier alpha value is -1.96. The van der Waals surface area contributed by atoms with Crippen LogP contribution in [0.15, 0.2) is 18.3 Å². The summed E-state index contributed by atoms with van der Waals surface area (Å²) in [4.78, 5) is 15.4. The number of hydrogen-bond acceptors (Lipinski definition) is 2. The number of carbonyl (C=O) groups excluding carboxylic acids is 1. The fraction of sp³-hybridized carbons (Fsp3) is 0. The number of nitrogens with zero attached hydrogens (tertiary/aromatic N) is 1. The Morgan fingerprint density at radius 1 is 1.07 bits per heavy atom. The standard InChI is InChI=1S/C12H7NO/c14-9-4-5-11-10-3-1-2-8(10)7-13-12(11)6-9/h1-7H. The van der Waals surface area contributed by atoms with E-state index in [0.717, 1.165) is 21.7 Å². The molecule has 0 unspecified atom stereocenters. The molecular weight excluding hydrogens is 174 g/mol. The van der Waals surface area contributed by atoms with Gasteiger partial charge in [0.2, 0.25) is 0 Å². The molecule has 0 saturated carbocycles. The monoisotopic (exact) mass is 181 g/mol. The topological polar surface area (TPSA) is 30.0 Å². The summed E-state index contributed by atoms with van der Waals surface area (Å²) in [5.41, 5.74) is 2.21. The van der Waals surface area contributed by atoms with Gasteiger partial charge in [0.05, 0.1) is 5.35 Å². The number of hydrogen-bond donors (Lipinski definition) is 0. The lowest BCUT2D eigenvalue weighted by Crippen LogP contribution is -2.23. The second kappa shape index (κ2) is 2.51. The zero-order valence-electron chi connectivity index (χ0n) is 7.40. The van der Waals surface area contributed by atoms with Crippen LogP contribution in [-0.2, 0) is 4.79 Å². The average Bonchev–Trinajstić information content (AvgIpc) is 2.65. The number of aromatic nitrogens is 1. The molecule has 1 aromatic heterocycles. The van der Waals surface area contributed by atoms with E-state index in [-0.39, 0.29) is 5.78 Å². The van der Waals surface area contributed by atoms with Crippen LogP contribution in [0.1, 0.15) is 11.1 Å². The minimum absolute atomic E-state index is 0.0101. The molecule has 0 radical (unpaired) electrons. The molecule has 1 heterocycles. The molecule has 0 aliphatic heterocycles. The minimum Gasteiger partial charge on any atom is -0.290 e. The molecule has 0 N–H and O–H groups in total. The van der Waals surface area contributed by atoms with E-state index < -0.39 is 0 Å². The molecule has 0 bridgehead atoms. The third-order valence-electron chi connectivity index (χ3n) is 2.45. The van der Waals surface area contributed by atoms with E-state index in [2.05, 4.69) is 4.98 Å². The lowest BCUT2D eigenvalue weighted by atomic mass is 10.0. The molecule has 2 heteroatoms. The molecule has 3 rings (SSSR count). The Morgan fingerprint density at radius 2 is 2.00 bits per heavy atom. The van der Waals surface area contributed by atoms with Crippen molar-refractivity contribution in [2.75, 3.05) is 0 Å². The summed E-state index contributed by atoms with van der Waals surface area (Å²) in [6.07, 6.45) is 12.9. The number of fused-ring (bicyclic) bond motifs is 3. The zero-order valence-corrected chi connectivity index (χ0v) is 7.40. The van der Waals surface area contributed by atoms with Gasteiger partial charge in [-0.3, -0.25) is 9.78 Å². The summed E-state index contributed by atoms with van der Waals surface area (Å²) in [6, 6.07) is 0. The van der Waals surface area contributed by atoms with E-state index in [1.165, 1.54) is 0 Å². The largest absolute Gasteiger partial charge is 0.290 e. The Balaban J connectivity index is 2.48. The quantitative estimate of drug-likeness (QED) is 0.575. The van der Waals surface area contributed by atoms with Gasteiger partial charge in [0, 0.05) is 23.1 Å². The molecule has 0 amide bonds.